The van der Waals surface area contributed by atoms with Gasteiger partial charge in [0.05, 0.1) is 17.0 Å². The number of aromatic nitrogens is 2. The zero-order valence-electron chi connectivity index (χ0n) is 26.0. The third kappa shape index (κ3) is 4.91. The van der Waals surface area contributed by atoms with Gasteiger partial charge >= 0.3 is 0 Å². The van der Waals surface area contributed by atoms with Gasteiger partial charge in [-0.3, -0.25) is 0 Å². The van der Waals surface area contributed by atoms with Crippen LogP contribution in [0.2, 0.25) is 0 Å². The van der Waals surface area contributed by atoms with Crippen molar-refractivity contribution in [2.75, 3.05) is 0 Å². The van der Waals surface area contributed by atoms with Gasteiger partial charge in [0.2, 0.25) is 0 Å². The second-order valence-corrected chi connectivity index (χ2v) is 11.8. The first-order valence-electron chi connectivity index (χ1n) is 15.4. The van der Waals surface area contributed by atoms with E-state index in [1.165, 1.54) is 56.0 Å². The minimum atomic E-state index is -0.468. The Bertz CT molecular complexity index is 1710. The second kappa shape index (κ2) is 11.9. The molecule has 2 nitrogen and oxygen atoms in total. The van der Waals surface area contributed by atoms with Gasteiger partial charge in [-0.05, 0) is 79.1 Å². The van der Waals surface area contributed by atoms with E-state index in [2.05, 4.69) is 184 Å². The zero-order chi connectivity index (χ0) is 30.0. The van der Waals surface area contributed by atoms with Gasteiger partial charge < -0.3 is 0 Å². The van der Waals surface area contributed by atoms with Crippen molar-refractivity contribution in [1.82, 2.24) is 4.57 Å². The van der Waals surface area contributed by atoms with Crippen LogP contribution in [0.15, 0.2) is 140 Å². The summed E-state index contributed by atoms with van der Waals surface area (Å²) < 4.78 is 4.86. The maximum absolute atomic E-state index is 2.44. The Morgan fingerprint density at radius 3 is 1.53 bits per heavy atom. The van der Waals surface area contributed by atoms with Crippen LogP contribution in [0.1, 0.15) is 65.3 Å². The summed E-state index contributed by atoms with van der Waals surface area (Å²) in [5, 5.41) is 0. The molecule has 0 fully saturated rings. The van der Waals surface area contributed by atoms with Crippen LogP contribution >= 0.6 is 0 Å². The van der Waals surface area contributed by atoms with E-state index >= 15 is 0 Å². The number of imidazole rings is 1. The monoisotopic (exact) mass is 561 g/mol. The molecule has 0 N–H and O–H groups in total. The molecule has 1 atom stereocenters. The molecule has 0 unspecified atom stereocenters. The average Bonchev–Trinajstić information content (AvgIpc) is 3.47. The Balaban J connectivity index is 1.65. The summed E-state index contributed by atoms with van der Waals surface area (Å²) in [5.41, 5.74) is 10.9. The Morgan fingerprint density at radius 1 is 0.605 bits per heavy atom. The lowest BCUT2D eigenvalue weighted by molar-refractivity contribution is -0.708. The van der Waals surface area contributed by atoms with Crippen LogP contribution in [0.4, 0.5) is 0 Å². The highest BCUT2D eigenvalue weighted by atomic mass is 15.2. The van der Waals surface area contributed by atoms with Crippen LogP contribution in [0.5, 0.6) is 0 Å². The fourth-order valence-corrected chi connectivity index (χ4v) is 6.85. The predicted octanol–water partition coefficient (Wildman–Crippen LogP) is 9.71. The summed E-state index contributed by atoms with van der Waals surface area (Å²) in [6.45, 7) is 11.3. The highest BCUT2D eigenvalue weighted by Crippen LogP contribution is 2.46. The molecule has 0 bridgehead atoms. The SMILES string of the molecule is CC[C@@H](C)[n+]1ccn(-c2c(C)cc(C(c3ccccc3)(c3ccccc3)c3ccccc3)cc2C)c1-c1ccccc1C. The molecule has 0 spiro atoms. The molecule has 1 heterocycles. The molecular weight excluding hydrogens is 520 g/mol. The van der Waals surface area contributed by atoms with Crippen molar-refractivity contribution in [2.24, 2.45) is 0 Å². The molecule has 0 aliphatic heterocycles. The van der Waals surface area contributed by atoms with Crippen LogP contribution < -0.4 is 4.57 Å². The molecular formula is C41H41N2+. The Hall–Kier alpha value is -4.69. The topological polar surface area (TPSA) is 8.81 Å². The number of rotatable bonds is 8. The maximum Gasteiger partial charge on any atom is 0.294 e. The fraction of sp³-hybridized carbons (Fsp3) is 0.195. The van der Waals surface area contributed by atoms with Gasteiger partial charge in [0.25, 0.3) is 5.82 Å². The van der Waals surface area contributed by atoms with Crippen LogP contribution in [-0.4, -0.2) is 4.57 Å². The quantitative estimate of drug-likeness (QED) is 0.129. The van der Waals surface area contributed by atoms with E-state index in [0.717, 1.165) is 6.42 Å². The van der Waals surface area contributed by atoms with Gasteiger partial charge in [-0.2, -0.15) is 4.57 Å². The number of nitrogens with zero attached hydrogens (tertiary/aromatic N) is 2. The maximum atomic E-state index is 2.44. The van der Waals surface area contributed by atoms with Gasteiger partial charge in [-0.1, -0.05) is 128 Å². The molecule has 43 heavy (non-hydrogen) atoms. The van der Waals surface area contributed by atoms with Crippen molar-refractivity contribution >= 4 is 0 Å². The summed E-state index contributed by atoms with van der Waals surface area (Å²) in [4.78, 5) is 0. The first-order valence-corrected chi connectivity index (χ1v) is 15.4. The van der Waals surface area contributed by atoms with Crippen molar-refractivity contribution in [3.63, 3.8) is 0 Å². The van der Waals surface area contributed by atoms with Crippen molar-refractivity contribution in [3.05, 3.63) is 179 Å². The van der Waals surface area contributed by atoms with Crippen LogP contribution in [0.25, 0.3) is 17.1 Å². The van der Waals surface area contributed by atoms with E-state index in [0.29, 0.717) is 6.04 Å². The highest BCUT2D eigenvalue weighted by molar-refractivity contribution is 5.66. The lowest BCUT2D eigenvalue weighted by Gasteiger charge is -2.37. The van der Waals surface area contributed by atoms with E-state index in [4.69, 9.17) is 0 Å². The largest absolute Gasteiger partial charge is 0.294 e. The van der Waals surface area contributed by atoms with Gasteiger partial charge in [0, 0.05) is 0 Å². The first-order chi connectivity index (χ1) is 21.0. The van der Waals surface area contributed by atoms with E-state index in [1.807, 2.05) is 0 Å². The molecule has 0 saturated carbocycles. The van der Waals surface area contributed by atoms with Crippen molar-refractivity contribution in [1.29, 1.82) is 0 Å². The van der Waals surface area contributed by atoms with Crippen molar-refractivity contribution in [2.45, 2.75) is 52.5 Å². The van der Waals surface area contributed by atoms with Gasteiger partial charge in [0.1, 0.15) is 18.1 Å². The summed E-state index contributed by atoms with van der Waals surface area (Å²) in [6.07, 6.45) is 5.57. The van der Waals surface area contributed by atoms with E-state index < -0.39 is 5.41 Å². The van der Waals surface area contributed by atoms with E-state index in [-0.39, 0.29) is 0 Å². The Labute approximate surface area is 256 Å². The number of benzene rings is 5. The fourth-order valence-electron chi connectivity index (χ4n) is 6.85. The molecule has 214 valence electrons. The van der Waals surface area contributed by atoms with E-state index in [9.17, 15) is 0 Å². The predicted molar refractivity (Wildman–Crippen MR) is 179 cm³/mol. The standard InChI is InChI=1S/C41H41N2/c1-6-33(5)42-26-27-43(40(42)38-25-17-16-18-30(38)2)39-31(3)28-37(29-32(39)4)41(34-19-10-7-11-20-34,35-21-12-8-13-22-35)36-23-14-9-15-24-36/h7-29,33H,6H2,1-5H3/q+1/t33-/m1/s1. The van der Waals surface area contributed by atoms with Crippen LogP contribution in [-0.2, 0) is 5.41 Å². The minimum Gasteiger partial charge on any atom is -0.227 e. The van der Waals surface area contributed by atoms with Crippen LogP contribution in [0, 0.1) is 20.8 Å². The van der Waals surface area contributed by atoms with Gasteiger partial charge in [0.15, 0.2) is 0 Å². The average molecular weight is 562 g/mol. The zero-order valence-corrected chi connectivity index (χ0v) is 26.0. The molecule has 2 heteroatoms. The number of aryl methyl sites for hydroxylation is 3. The smallest absolute Gasteiger partial charge is 0.227 e. The third-order valence-electron chi connectivity index (χ3n) is 9.09. The van der Waals surface area contributed by atoms with E-state index in [1.54, 1.807) is 0 Å². The number of hydrogen-bond acceptors (Lipinski definition) is 0. The summed E-state index contributed by atoms with van der Waals surface area (Å²) in [7, 11) is 0. The molecule has 0 amide bonds. The molecule has 0 saturated heterocycles. The summed E-state index contributed by atoms with van der Waals surface area (Å²) >= 11 is 0. The van der Waals surface area contributed by atoms with Crippen molar-refractivity contribution in [3.8, 4) is 17.1 Å². The highest BCUT2D eigenvalue weighted by Gasteiger charge is 2.39. The molecule has 6 rings (SSSR count). The third-order valence-corrected chi connectivity index (χ3v) is 9.09. The lowest BCUT2D eigenvalue weighted by atomic mass is 9.64. The number of hydrogen-bond donors (Lipinski definition) is 0. The molecule has 0 radical (unpaired) electrons. The minimum absolute atomic E-state index is 0.387. The van der Waals surface area contributed by atoms with Gasteiger partial charge in [-0.25, -0.2) is 4.57 Å². The van der Waals surface area contributed by atoms with Crippen molar-refractivity contribution < 1.29 is 4.57 Å². The Morgan fingerprint density at radius 2 is 1.07 bits per heavy atom. The van der Waals surface area contributed by atoms with Gasteiger partial charge in [-0.15, -0.1) is 0 Å². The first kappa shape index (κ1) is 28.4. The Kier molecular flexibility index (Phi) is 7.86. The lowest BCUT2D eigenvalue weighted by Crippen LogP contribution is -2.38. The van der Waals surface area contributed by atoms with Crippen LogP contribution in [0.3, 0.4) is 0 Å². The summed E-state index contributed by atoms with van der Waals surface area (Å²) in [5.74, 6) is 1.23. The normalized spacial score (nSPS) is 12.3. The molecule has 1 aromatic heterocycles. The second-order valence-electron chi connectivity index (χ2n) is 11.8. The summed E-state index contributed by atoms with van der Waals surface area (Å²) in [6, 6.07) is 46.9. The molecule has 5 aromatic carbocycles. The molecule has 6 aromatic rings. The molecule has 0 aliphatic rings. The molecule has 0 aliphatic carbocycles.